The van der Waals surface area contributed by atoms with E-state index in [0.29, 0.717) is 11.1 Å². The SMILES string of the molecule is COc1cc(C=CC(=O)OCC2OC(OC3C(OC4=C(c5cc(O)c(O)c(O)c5)[OH+]C5C=C(O)C=C(OC6OC(COC(=O)CC(=O)O)C(O)C(O)C6O)C5=C4)OC(COC(=O)C=Cc4ccc(O)cc4)C(O)C3O)C(O)C(O)C2O)ccc1O. The number of methoxy groups -OCH3 is 1. The van der Waals surface area contributed by atoms with Crippen LogP contribution in [0.15, 0.2) is 108 Å². The Kier molecular flexibility index (Phi) is 19.9. The molecule has 3 saturated heterocycles. The average molecular weight is 1200 g/mol. The van der Waals surface area contributed by atoms with Gasteiger partial charge < -0.3 is 129 Å². The number of hydrogen-bond donors (Lipinski definition) is 15. The number of carboxylic acid groups (broad SMARTS) is 1. The van der Waals surface area contributed by atoms with E-state index in [1.807, 2.05) is 0 Å². The Morgan fingerprint density at radius 2 is 1.13 bits per heavy atom. The number of aromatic hydroxyl groups is 5. The van der Waals surface area contributed by atoms with Gasteiger partial charge in [0.1, 0.15) is 111 Å². The molecule has 16 N–H and O–H groups in total. The molecule has 4 heterocycles. The smallest absolute Gasteiger partial charge is 0.330 e. The number of esters is 3. The van der Waals surface area contributed by atoms with E-state index in [2.05, 4.69) is 4.74 Å². The number of aliphatic carboxylic acids is 1. The number of ether oxygens (including phenoxy) is 11. The number of phenols is 5. The van der Waals surface area contributed by atoms with Crippen LogP contribution in [0.25, 0.3) is 17.9 Å². The molecule has 16 unspecified atom stereocenters. The highest BCUT2D eigenvalue weighted by Gasteiger charge is 2.53. The van der Waals surface area contributed by atoms with Crippen molar-refractivity contribution in [3.8, 4) is 34.5 Å². The first kappa shape index (κ1) is 62.5. The summed E-state index contributed by atoms with van der Waals surface area (Å²) in [5, 5.41) is 161. The van der Waals surface area contributed by atoms with E-state index < -0.39 is 183 Å². The summed E-state index contributed by atoms with van der Waals surface area (Å²) in [6.07, 6.45) is -24.8. The maximum Gasteiger partial charge on any atom is 0.330 e. The Balaban J connectivity index is 1.11. The van der Waals surface area contributed by atoms with Crippen LogP contribution in [0, 0.1) is 0 Å². The van der Waals surface area contributed by atoms with Crippen LogP contribution >= 0.6 is 0 Å². The summed E-state index contributed by atoms with van der Waals surface area (Å²) in [7, 11) is 1.31. The number of rotatable bonds is 20. The molecule has 0 bridgehead atoms. The standard InChI is InChI=1S/C55H58O30/c1-75-33-12-23(4-9-28(33)58)6-11-40(64)76-19-35-43(67)47(71)50(74)54(83-35)85-52-48(72)45(69)37(20-77-39(63)10-5-22-2-7-25(56)8-3-22)84-55(52)81-34-17-27-31(79-51(34)24-13-29(59)42(66)30(60)14-24)15-26(57)16-32(27)80-53-49(73)46(70)44(68)36(82-53)21-78-41(65)18-38(61)62/h2-17,31,35-37,43-50,52-60,66-74H,18-21H2,1H3,(H,61,62)/p+1. The van der Waals surface area contributed by atoms with Gasteiger partial charge in [0.15, 0.2) is 41.1 Å². The van der Waals surface area contributed by atoms with Crippen molar-refractivity contribution >= 4 is 41.8 Å². The lowest BCUT2D eigenvalue weighted by atomic mass is 9.95. The highest BCUT2D eigenvalue weighted by molar-refractivity contribution is 5.90. The first-order chi connectivity index (χ1) is 40.4. The summed E-state index contributed by atoms with van der Waals surface area (Å²) >= 11 is 0. The largest absolute Gasteiger partial charge is 0.571 e. The lowest BCUT2D eigenvalue weighted by Gasteiger charge is -2.46. The highest BCUT2D eigenvalue weighted by Crippen LogP contribution is 2.43. The van der Waals surface area contributed by atoms with Gasteiger partial charge in [-0.1, -0.05) is 18.2 Å². The molecule has 0 aromatic heterocycles. The van der Waals surface area contributed by atoms with E-state index >= 15 is 0 Å². The van der Waals surface area contributed by atoms with Crippen molar-refractivity contribution in [1.29, 1.82) is 0 Å². The summed E-state index contributed by atoms with van der Waals surface area (Å²) in [6.45, 7) is -2.50. The predicted octanol–water partition coefficient (Wildman–Crippen LogP) is -1.92. The molecule has 16 atom stereocenters. The molecule has 458 valence electrons. The zero-order chi connectivity index (χ0) is 61.6. The maximum absolute atomic E-state index is 13.0. The van der Waals surface area contributed by atoms with Crippen molar-refractivity contribution in [2.45, 2.75) is 105 Å². The monoisotopic (exact) mass is 1200 g/mol. The van der Waals surface area contributed by atoms with Crippen molar-refractivity contribution in [2.24, 2.45) is 0 Å². The fraction of sp³-hybridized carbons (Fsp3) is 0.382. The maximum atomic E-state index is 13.0. The second-order valence-corrected chi connectivity index (χ2v) is 19.4. The van der Waals surface area contributed by atoms with Crippen LogP contribution in [0.1, 0.15) is 23.1 Å². The highest BCUT2D eigenvalue weighted by atomic mass is 16.8. The zero-order valence-corrected chi connectivity index (χ0v) is 44.2. The molecule has 0 amide bonds. The molecule has 3 aromatic carbocycles. The number of carbonyl (C=O) groups is 4. The molecule has 0 radical (unpaired) electrons. The number of hydrogen-bond acceptors (Lipinski definition) is 28. The van der Waals surface area contributed by atoms with Gasteiger partial charge in [0.25, 0.3) is 0 Å². The van der Waals surface area contributed by atoms with Gasteiger partial charge in [0, 0.05) is 36.4 Å². The molecule has 0 spiro atoms. The molecule has 8 rings (SSSR count). The Morgan fingerprint density at radius 1 is 0.588 bits per heavy atom. The molecule has 4 aliphatic heterocycles. The topological polar surface area (TPSA) is 477 Å². The van der Waals surface area contributed by atoms with Gasteiger partial charge in [0.2, 0.25) is 24.4 Å². The predicted molar refractivity (Wildman–Crippen MR) is 278 cm³/mol. The Labute approximate surface area is 479 Å². The second kappa shape index (κ2) is 27.0. The Hall–Kier alpha value is -8.50. The van der Waals surface area contributed by atoms with Crippen LogP contribution in [0.2, 0.25) is 0 Å². The number of benzene rings is 3. The van der Waals surface area contributed by atoms with Crippen LogP contribution in [-0.2, 0) is 61.8 Å². The van der Waals surface area contributed by atoms with Crippen LogP contribution in [0.3, 0.4) is 0 Å². The molecule has 3 aromatic rings. The van der Waals surface area contributed by atoms with Crippen LogP contribution in [-0.4, -0.2) is 230 Å². The van der Waals surface area contributed by atoms with E-state index in [1.165, 1.54) is 61.7 Å². The van der Waals surface area contributed by atoms with Gasteiger partial charge in [-0.25, -0.2) is 9.59 Å². The minimum Gasteiger partial charge on any atom is -0.571 e. The summed E-state index contributed by atoms with van der Waals surface area (Å²) in [5.41, 5.74) is 0.488. The molecule has 85 heavy (non-hydrogen) atoms. The quantitative estimate of drug-likeness (QED) is 0.0146. The Bertz CT molecular complexity index is 3110. The van der Waals surface area contributed by atoms with Gasteiger partial charge in [-0.05, 0) is 47.5 Å². The van der Waals surface area contributed by atoms with E-state index in [9.17, 15) is 90.7 Å². The van der Waals surface area contributed by atoms with Gasteiger partial charge in [0.05, 0.1) is 24.3 Å². The minimum absolute atomic E-state index is 0.0521. The Morgan fingerprint density at radius 3 is 1.73 bits per heavy atom. The third kappa shape index (κ3) is 14.9. The van der Waals surface area contributed by atoms with Gasteiger partial charge in [-0.15, -0.1) is 0 Å². The van der Waals surface area contributed by atoms with Crippen molar-refractivity contribution in [3.05, 3.63) is 125 Å². The second-order valence-electron chi connectivity index (χ2n) is 19.4. The van der Waals surface area contributed by atoms with Crippen LogP contribution in [0.5, 0.6) is 34.5 Å². The van der Waals surface area contributed by atoms with Crippen molar-refractivity contribution in [1.82, 2.24) is 0 Å². The number of phenolic OH excluding ortho intramolecular Hbond substituents is 5. The molecular formula is C55H59O30+. The zero-order valence-electron chi connectivity index (χ0n) is 44.2. The van der Waals surface area contributed by atoms with E-state index in [0.717, 1.165) is 42.5 Å². The van der Waals surface area contributed by atoms with Crippen molar-refractivity contribution in [2.75, 3.05) is 26.9 Å². The van der Waals surface area contributed by atoms with Gasteiger partial charge in [-0.2, -0.15) is 0 Å². The third-order valence-corrected chi connectivity index (χ3v) is 13.5. The third-order valence-electron chi connectivity index (χ3n) is 13.5. The van der Waals surface area contributed by atoms with Crippen molar-refractivity contribution < 1.29 is 148 Å². The molecule has 3 fully saturated rings. The normalized spacial score (nSPS) is 30.2. The minimum atomic E-state index is -2.22. The molecule has 1 aliphatic carbocycles. The summed E-state index contributed by atoms with van der Waals surface area (Å²) < 4.78 is 61.2. The number of carboxylic acids is 1. The van der Waals surface area contributed by atoms with E-state index in [-0.39, 0.29) is 34.1 Å². The summed E-state index contributed by atoms with van der Waals surface area (Å²) in [5.74, 6) is -9.60. The van der Waals surface area contributed by atoms with Crippen molar-refractivity contribution in [3.63, 3.8) is 0 Å². The first-order valence-electron chi connectivity index (χ1n) is 25.6. The van der Waals surface area contributed by atoms with Gasteiger partial charge in [-0.3, -0.25) is 9.59 Å². The number of carbonyl (C=O) groups excluding carboxylic acids is 3. The first-order valence-corrected chi connectivity index (χ1v) is 25.6. The fourth-order valence-corrected chi connectivity index (χ4v) is 8.98. The molecular weight excluding hydrogens is 1140 g/mol. The number of aliphatic hydroxyl groups excluding tert-OH is 9. The van der Waals surface area contributed by atoms with Gasteiger partial charge >= 0.3 is 29.6 Å². The molecule has 30 heteroatoms. The molecule has 0 saturated carbocycles. The lowest BCUT2D eigenvalue weighted by molar-refractivity contribution is -0.363. The van der Waals surface area contributed by atoms with Crippen LogP contribution < -0.4 is 4.74 Å². The van der Waals surface area contributed by atoms with E-state index in [4.69, 9.17) is 52.5 Å². The average Bonchev–Trinajstić information content (AvgIpc) is 2.25. The fourth-order valence-electron chi connectivity index (χ4n) is 8.98. The molecule has 5 aliphatic rings. The van der Waals surface area contributed by atoms with Crippen LogP contribution in [0.4, 0.5) is 0 Å². The number of allylic oxidation sites excluding steroid dienone is 2. The number of aliphatic hydroxyl groups is 11. The lowest BCUT2D eigenvalue weighted by Crippen LogP contribution is -2.64. The molecule has 30 nitrogen and oxygen atoms in total. The van der Waals surface area contributed by atoms with E-state index in [1.54, 1.807) is 0 Å². The number of fused-ring (bicyclic) bond motifs is 1. The summed E-state index contributed by atoms with van der Waals surface area (Å²) in [4.78, 5) is 48.9. The summed E-state index contributed by atoms with van der Waals surface area (Å²) in [6, 6.07) is 11.7.